The number of ether oxygens (including phenoxy) is 1. The Labute approximate surface area is 220 Å². The van der Waals surface area contributed by atoms with Crippen LogP contribution in [0.4, 0.5) is 18.9 Å². The number of fused-ring (bicyclic) bond motifs is 3. The van der Waals surface area contributed by atoms with Crippen LogP contribution in [-0.4, -0.2) is 61.2 Å². The molecule has 1 fully saturated rings. The second-order valence-electron chi connectivity index (χ2n) is 9.74. The summed E-state index contributed by atoms with van der Waals surface area (Å²) < 4.78 is 46.2. The van der Waals surface area contributed by atoms with Crippen molar-refractivity contribution in [3.05, 3.63) is 89.7 Å². The summed E-state index contributed by atoms with van der Waals surface area (Å²) in [5.41, 5.74) is 1.56. The van der Waals surface area contributed by atoms with Crippen molar-refractivity contribution >= 4 is 11.6 Å². The predicted molar refractivity (Wildman–Crippen MR) is 139 cm³/mol. The maximum Gasteiger partial charge on any atom is 0.416 e. The number of pyridine rings is 1. The molecule has 3 heterocycles. The molecule has 2 aromatic carbocycles. The summed E-state index contributed by atoms with van der Waals surface area (Å²) in [5, 5.41) is 3.02. The lowest BCUT2D eigenvalue weighted by Crippen LogP contribution is -2.61. The Hall–Kier alpha value is -3.59. The maximum absolute atomic E-state index is 13.4. The van der Waals surface area contributed by atoms with Crippen LogP contribution >= 0.6 is 0 Å². The minimum Gasteiger partial charge on any atom is -0.492 e. The van der Waals surface area contributed by atoms with E-state index in [1.165, 1.54) is 6.07 Å². The van der Waals surface area contributed by atoms with Crippen LogP contribution in [0.5, 0.6) is 5.75 Å². The number of benzene rings is 2. The quantitative estimate of drug-likeness (QED) is 0.479. The molecular formula is C29H31F3N4O2. The lowest BCUT2D eigenvalue weighted by atomic mass is 9.82. The van der Waals surface area contributed by atoms with Crippen molar-refractivity contribution < 1.29 is 22.7 Å². The van der Waals surface area contributed by atoms with E-state index >= 15 is 0 Å². The first-order valence-electron chi connectivity index (χ1n) is 12.9. The van der Waals surface area contributed by atoms with Crippen molar-refractivity contribution in [2.45, 2.75) is 25.1 Å². The summed E-state index contributed by atoms with van der Waals surface area (Å²) in [4.78, 5) is 22.1. The maximum atomic E-state index is 13.4. The molecule has 9 heteroatoms. The van der Waals surface area contributed by atoms with E-state index in [-0.39, 0.29) is 18.4 Å². The van der Waals surface area contributed by atoms with Crippen LogP contribution in [0.15, 0.2) is 72.9 Å². The third kappa shape index (κ3) is 6.10. The standard InChI is InChI=1S/C29H31F3N4O2/c30-29(31,32)22-9-10-26-21(18-22)19-25(28(37)34-13-11-23-6-4-5-12-33-23)27-20-35(14-15-36(26)27)16-17-38-24-7-2-1-3-8-24/h1-10,12,18,25,27H,11,13-17,19-20H2,(H,34,37)/t25-,27-/m1/s1. The van der Waals surface area contributed by atoms with E-state index in [4.69, 9.17) is 4.74 Å². The molecule has 3 aromatic rings. The first kappa shape index (κ1) is 26.0. The van der Waals surface area contributed by atoms with Gasteiger partial charge >= 0.3 is 6.18 Å². The smallest absolute Gasteiger partial charge is 0.416 e. The Kier molecular flexibility index (Phi) is 7.83. The van der Waals surface area contributed by atoms with Crippen LogP contribution in [0.1, 0.15) is 16.8 Å². The summed E-state index contributed by atoms with van der Waals surface area (Å²) in [6.45, 7) is 3.64. The van der Waals surface area contributed by atoms with Crippen molar-refractivity contribution in [1.82, 2.24) is 15.2 Å². The van der Waals surface area contributed by atoms with Crippen molar-refractivity contribution in [2.24, 2.45) is 5.92 Å². The summed E-state index contributed by atoms with van der Waals surface area (Å²) >= 11 is 0. The third-order valence-electron chi connectivity index (χ3n) is 7.29. The lowest BCUT2D eigenvalue weighted by molar-refractivity contribution is -0.137. The second-order valence-corrected chi connectivity index (χ2v) is 9.74. The van der Waals surface area contributed by atoms with Gasteiger partial charge in [0.15, 0.2) is 0 Å². The van der Waals surface area contributed by atoms with Gasteiger partial charge in [-0.05, 0) is 54.4 Å². The number of nitrogens with one attached hydrogen (secondary N) is 1. The highest BCUT2D eigenvalue weighted by Gasteiger charge is 2.42. The fourth-order valence-electron chi connectivity index (χ4n) is 5.36. The molecule has 2 aliphatic rings. The minimum absolute atomic E-state index is 0.138. The summed E-state index contributed by atoms with van der Waals surface area (Å²) in [6.07, 6.45) is -1.86. The molecular weight excluding hydrogens is 493 g/mol. The topological polar surface area (TPSA) is 57.7 Å². The highest BCUT2D eigenvalue weighted by Crippen LogP contribution is 2.39. The zero-order valence-electron chi connectivity index (χ0n) is 21.0. The van der Waals surface area contributed by atoms with E-state index in [1.54, 1.807) is 12.3 Å². The van der Waals surface area contributed by atoms with Crippen molar-refractivity contribution in [2.75, 3.05) is 44.2 Å². The lowest BCUT2D eigenvalue weighted by Gasteiger charge is -2.49. The number of halogens is 3. The fraction of sp³-hybridized carbons (Fsp3) is 0.379. The molecule has 1 aromatic heterocycles. The van der Waals surface area contributed by atoms with Gasteiger partial charge in [-0.1, -0.05) is 24.3 Å². The van der Waals surface area contributed by atoms with Crippen LogP contribution in [0.3, 0.4) is 0 Å². The van der Waals surface area contributed by atoms with Gasteiger partial charge in [0, 0.05) is 56.7 Å². The molecule has 1 N–H and O–H groups in total. The van der Waals surface area contributed by atoms with Gasteiger partial charge in [-0.2, -0.15) is 13.2 Å². The van der Waals surface area contributed by atoms with Gasteiger partial charge in [0.05, 0.1) is 17.5 Å². The molecule has 0 bridgehead atoms. The Morgan fingerprint density at radius 2 is 1.87 bits per heavy atom. The highest BCUT2D eigenvalue weighted by molar-refractivity contribution is 5.82. The molecule has 1 amide bonds. The molecule has 1 saturated heterocycles. The van der Waals surface area contributed by atoms with Crippen LogP contribution in [-0.2, 0) is 23.8 Å². The normalized spacial score (nSPS) is 19.4. The molecule has 0 radical (unpaired) electrons. The summed E-state index contributed by atoms with van der Waals surface area (Å²) in [7, 11) is 0. The molecule has 2 atom stereocenters. The number of hydrogen-bond donors (Lipinski definition) is 1. The number of piperazine rings is 1. The van der Waals surface area contributed by atoms with E-state index < -0.39 is 17.7 Å². The van der Waals surface area contributed by atoms with Gasteiger partial charge in [-0.3, -0.25) is 14.7 Å². The molecule has 200 valence electrons. The number of amides is 1. The number of carbonyl (C=O) groups excluding carboxylic acids is 1. The summed E-state index contributed by atoms with van der Waals surface area (Å²) in [6, 6.07) is 19.0. The third-order valence-corrected chi connectivity index (χ3v) is 7.29. The van der Waals surface area contributed by atoms with Crippen molar-refractivity contribution in [1.29, 1.82) is 0 Å². The number of alkyl halides is 3. The van der Waals surface area contributed by atoms with Gasteiger partial charge in [-0.15, -0.1) is 0 Å². The zero-order chi connectivity index (χ0) is 26.5. The van der Waals surface area contributed by atoms with Crippen LogP contribution in [0, 0.1) is 5.92 Å². The first-order chi connectivity index (χ1) is 18.4. The van der Waals surface area contributed by atoms with Crippen molar-refractivity contribution in [3.63, 3.8) is 0 Å². The van der Waals surface area contributed by atoms with Crippen LogP contribution in [0.2, 0.25) is 0 Å². The Morgan fingerprint density at radius 1 is 1.05 bits per heavy atom. The number of nitrogens with zero attached hydrogens (tertiary/aromatic N) is 3. The predicted octanol–water partition coefficient (Wildman–Crippen LogP) is 4.20. The number of rotatable bonds is 8. The SMILES string of the molecule is O=C(NCCc1ccccn1)[C@@H]1Cc2cc(C(F)(F)F)ccc2N2CCN(CCOc3ccccc3)C[C@H]12. The van der Waals surface area contributed by atoms with E-state index in [1.807, 2.05) is 48.5 Å². The number of carbonyl (C=O) groups is 1. The Morgan fingerprint density at radius 3 is 2.63 bits per heavy atom. The van der Waals surface area contributed by atoms with E-state index in [0.29, 0.717) is 44.8 Å². The van der Waals surface area contributed by atoms with Gasteiger partial charge in [0.25, 0.3) is 0 Å². The van der Waals surface area contributed by atoms with Crippen LogP contribution < -0.4 is 15.0 Å². The zero-order valence-corrected chi connectivity index (χ0v) is 21.0. The number of para-hydroxylation sites is 1. The molecule has 0 saturated carbocycles. The average Bonchev–Trinajstić information content (AvgIpc) is 2.93. The Balaban J connectivity index is 1.30. The number of aromatic nitrogens is 1. The molecule has 38 heavy (non-hydrogen) atoms. The van der Waals surface area contributed by atoms with Gasteiger partial charge in [-0.25, -0.2) is 0 Å². The summed E-state index contributed by atoms with van der Waals surface area (Å²) in [5.74, 6) is 0.206. The monoisotopic (exact) mass is 524 g/mol. The molecule has 0 unspecified atom stereocenters. The highest BCUT2D eigenvalue weighted by atomic mass is 19.4. The van der Waals surface area contributed by atoms with Gasteiger partial charge < -0.3 is 15.0 Å². The van der Waals surface area contributed by atoms with E-state index in [9.17, 15) is 18.0 Å². The van der Waals surface area contributed by atoms with Crippen molar-refractivity contribution in [3.8, 4) is 5.75 Å². The minimum atomic E-state index is -4.43. The molecule has 5 rings (SSSR count). The van der Waals surface area contributed by atoms with Gasteiger partial charge in [0.2, 0.25) is 5.91 Å². The van der Waals surface area contributed by atoms with Gasteiger partial charge in [0.1, 0.15) is 12.4 Å². The van der Waals surface area contributed by atoms with E-state index in [0.717, 1.165) is 29.7 Å². The van der Waals surface area contributed by atoms with E-state index in [2.05, 4.69) is 20.1 Å². The first-order valence-corrected chi connectivity index (χ1v) is 12.9. The fourth-order valence-corrected chi connectivity index (χ4v) is 5.36. The molecule has 2 aliphatic heterocycles. The molecule has 6 nitrogen and oxygen atoms in total. The molecule has 0 spiro atoms. The average molecular weight is 525 g/mol. The molecule has 0 aliphatic carbocycles. The number of hydrogen-bond acceptors (Lipinski definition) is 5. The van der Waals surface area contributed by atoms with Crippen LogP contribution in [0.25, 0.3) is 0 Å². The number of anilines is 1. The second kappa shape index (κ2) is 11.4. The Bertz CT molecular complexity index is 1220. The largest absolute Gasteiger partial charge is 0.492 e.